The number of hydrogen-bond acceptors (Lipinski definition) is 2. The quantitative estimate of drug-likeness (QED) is 0.538. The van der Waals surface area contributed by atoms with Crippen LogP contribution in [0, 0.1) is 0 Å². The normalized spacial score (nSPS) is 10.4. The van der Waals surface area contributed by atoms with Gasteiger partial charge in [-0.25, -0.2) is 5.01 Å². The minimum atomic E-state index is -2.94. The van der Waals surface area contributed by atoms with Crippen molar-refractivity contribution in [3.05, 3.63) is 0 Å². The number of rotatable bonds is 2. The van der Waals surface area contributed by atoms with Crippen molar-refractivity contribution >= 4 is 5.91 Å². The third kappa shape index (κ3) is 3.84. The van der Waals surface area contributed by atoms with Gasteiger partial charge in [-0.1, -0.05) is 0 Å². The monoisotopic (exact) mass is 138 g/mol. The van der Waals surface area contributed by atoms with Gasteiger partial charge < -0.3 is 0 Å². The molecule has 0 unspecified atom stereocenters. The SMILES string of the molecule is CN(C)NC(=O)C(F)F. The molecule has 0 bridgehead atoms. The van der Waals surface area contributed by atoms with Gasteiger partial charge in [-0.3, -0.25) is 10.2 Å². The van der Waals surface area contributed by atoms with E-state index in [-0.39, 0.29) is 0 Å². The van der Waals surface area contributed by atoms with E-state index in [0.29, 0.717) is 0 Å². The molecule has 0 atom stereocenters. The van der Waals surface area contributed by atoms with Crippen LogP contribution in [0.1, 0.15) is 0 Å². The van der Waals surface area contributed by atoms with Gasteiger partial charge >= 0.3 is 12.3 Å². The fourth-order valence-corrected chi connectivity index (χ4v) is 0.269. The first-order valence-corrected chi connectivity index (χ1v) is 2.30. The van der Waals surface area contributed by atoms with Crippen LogP contribution in [-0.4, -0.2) is 31.4 Å². The van der Waals surface area contributed by atoms with E-state index < -0.39 is 12.3 Å². The van der Waals surface area contributed by atoms with Gasteiger partial charge in [0.25, 0.3) is 0 Å². The first-order valence-electron chi connectivity index (χ1n) is 2.30. The molecule has 9 heavy (non-hydrogen) atoms. The molecule has 0 saturated carbocycles. The Morgan fingerprint density at radius 1 is 1.56 bits per heavy atom. The molecule has 0 aromatic heterocycles. The van der Waals surface area contributed by atoms with Crippen molar-refractivity contribution in [2.45, 2.75) is 6.43 Å². The fourth-order valence-electron chi connectivity index (χ4n) is 0.269. The molecule has 5 heteroatoms. The molecule has 0 aliphatic heterocycles. The molecule has 0 aliphatic carbocycles. The number of alkyl halides is 2. The van der Waals surface area contributed by atoms with Crippen LogP contribution in [0.25, 0.3) is 0 Å². The average Bonchev–Trinajstić information content (AvgIpc) is 1.63. The van der Waals surface area contributed by atoms with E-state index >= 15 is 0 Å². The summed E-state index contributed by atoms with van der Waals surface area (Å²) in [7, 11) is 2.92. The van der Waals surface area contributed by atoms with E-state index in [1.807, 2.05) is 5.43 Å². The number of amides is 1. The zero-order chi connectivity index (χ0) is 7.44. The Labute approximate surface area is 51.6 Å². The Bertz CT molecular complexity index is 105. The van der Waals surface area contributed by atoms with Crippen molar-refractivity contribution in [2.24, 2.45) is 0 Å². The van der Waals surface area contributed by atoms with E-state index in [2.05, 4.69) is 0 Å². The highest BCUT2D eigenvalue weighted by molar-refractivity contribution is 5.78. The number of carbonyl (C=O) groups is 1. The number of nitrogens with one attached hydrogen (secondary N) is 1. The minimum Gasteiger partial charge on any atom is -0.284 e. The Balaban J connectivity index is 3.51. The van der Waals surface area contributed by atoms with Crippen LogP contribution in [0.15, 0.2) is 0 Å². The Kier molecular flexibility index (Phi) is 3.08. The molecule has 54 valence electrons. The van der Waals surface area contributed by atoms with Crippen molar-refractivity contribution in [3.8, 4) is 0 Å². The van der Waals surface area contributed by atoms with Gasteiger partial charge in [0, 0.05) is 14.1 Å². The summed E-state index contributed by atoms with van der Waals surface area (Å²) >= 11 is 0. The van der Waals surface area contributed by atoms with Gasteiger partial charge in [-0.2, -0.15) is 8.78 Å². The average molecular weight is 138 g/mol. The summed E-state index contributed by atoms with van der Waals surface area (Å²) < 4.78 is 22.7. The molecule has 1 amide bonds. The van der Waals surface area contributed by atoms with E-state index in [9.17, 15) is 13.6 Å². The van der Waals surface area contributed by atoms with Crippen molar-refractivity contribution in [1.82, 2.24) is 10.4 Å². The lowest BCUT2D eigenvalue weighted by Crippen LogP contribution is -2.39. The number of halogens is 2. The molecule has 0 fully saturated rings. The number of hydrogen-bond donors (Lipinski definition) is 1. The highest BCUT2D eigenvalue weighted by atomic mass is 19.3. The Hall–Kier alpha value is -0.710. The predicted octanol–water partition coefficient (Wildman–Crippen LogP) is -0.156. The molecular formula is C4H8F2N2O. The zero-order valence-electron chi connectivity index (χ0n) is 5.19. The second-order valence-electron chi connectivity index (χ2n) is 1.67. The topological polar surface area (TPSA) is 32.3 Å². The van der Waals surface area contributed by atoms with Crippen molar-refractivity contribution in [3.63, 3.8) is 0 Å². The van der Waals surface area contributed by atoms with E-state index in [1.165, 1.54) is 14.1 Å². The van der Waals surface area contributed by atoms with Crippen LogP contribution in [0.5, 0.6) is 0 Å². The molecule has 3 nitrogen and oxygen atoms in total. The highest BCUT2D eigenvalue weighted by Gasteiger charge is 2.14. The van der Waals surface area contributed by atoms with Crippen molar-refractivity contribution < 1.29 is 13.6 Å². The first kappa shape index (κ1) is 8.29. The lowest BCUT2D eigenvalue weighted by molar-refractivity contribution is -0.135. The maximum atomic E-state index is 11.3. The van der Waals surface area contributed by atoms with Crippen LogP contribution in [0.4, 0.5) is 8.78 Å². The molecule has 0 radical (unpaired) electrons. The first-order chi connectivity index (χ1) is 4.04. The summed E-state index contributed by atoms with van der Waals surface area (Å²) in [4.78, 5) is 10.1. The third-order valence-electron chi connectivity index (χ3n) is 0.532. The van der Waals surface area contributed by atoms with Crippen LogP contribution in [-0.2, 0) is 4.79 Å². The van der Waals surface area contributed by atoms with Gasteiger partial charge in [-0.05, 0) is 0 Å². The second kappa shape index (κ2) is 3.34. The number of carbonyl (C=O) groups excluding carboxylic acids is 1. The van der Waals surface area contributed by atoms with Gasteiger partial charge in [-0.15, -0.1) is 0 Å². The summed E-state index contributed by atoms with van der Waals surface area (Å²) in [5.74, 6) is -1.28. The molecule has 0 spiro atoms. The van der Waals surface area contributed by atoms with Crippen molar-refractivity contribution in [1.29, 1.82) is 0 Å². The zero-order valence-corrected chi connectivity index (χ0v) is 5.19. The molecule has 0 saturated heterocycles. The largest absolute Gasteiger partial charge is 0.316 e. The molecule has 0 rings (SSSR count). The molecule has 0 heterocycles. The molecular weight excluding hydrogens is 130 g/mol. The summed E-state index contributed by atoms with van der Waals surface area (Å²) in [5, 5.41) is 1.16. The second-order valence-corrected chi connectivity index (χ2v) is 1.67. The van der Waals surface area contributed by atoms with Crippen LogP contribution < -0.4 is 5.43 Å². The maximum absolute atomic E-state index is 11.3. The molecule has 0 aromatic carbocycles. The standard InChI is InChI=1S/C4H8F2N2O/c1-8(2)7-4(9)3(5)6/h3H,1-2H3,(H,7,9). The fraction of sp³-hybridized carbons (Fsp3) is 0.750. The van der Waals surface area contributed by atoms with E-state index in [0.717, 1.165) is 5.01 Å². The van der Waals surface area contributed by atoms with Crippen LogP contribution in [0.2, 0.25) is 0 Å². The summed E-state index contributed by atoms with van der Waals surface area (Å²) in [5.41, 5.74) is 1.89. The van der Waals surface area contributed by atoms with Crippen LogP contribution >= 0.6 is 0 Å². The number of hydrazine groups is 1. The maximum Gasteiger partial charge on any atom is 0.316 e. The third-order valence-corrected chi connectivity index (χ3v) is 0.532. The minimum absolute atomic E-state index is 1.16. The summed E-state index contributed by atoms with van der Waals surface area (Å²) in [6.07, 6.45) is -2.94. The van der Waals surface area contributed by atoms with Crippen molar-refractivity contribution in [2.75, 3.05) is 14.1 Å². The van der Waals surface area contributed by atoms with E-state index in [4.69, 9.17) is 0 Å². The molecule has 0 aromatic rings. The highest BCUT2D eigenvalue weighted by Crippen LogP contribution is 1.89. The molecule has 1 N–H and O–H groups in total. The lowest BCUT2D eigenvalue weighted by atomic mass is 10.7. The van der Waals surface area contributed by atoms with Gasteiger partial charge in [0.05, 0.1) is 0 Å². The van der Waals surface area contributed by atoms with Crippen LogP contribution in [0.3, 0.4) is 0 Å². The smallest absolute Gasteiger partial charge is 0.284 e. The summed E-state index contributed by atoms with van der Waals surface area (Å²) in [6, 6.07) is 0. The molecule has 0 aliphatic rings. The number of nitrogens with zero attached hydrogens (tertiary/aromatic N) is 1. The Morgan fingerprint density at radius 2 is 2.00 bits per heavy atom. The van der Waals surface area contributed by atoms with Gasteiger partial charge in [0.15, 0.2) is 0 Å². The van der Waals surface area contributed by atoms with Gasteiger partial charge in [0.2, 0.25) is 0 Å². The lowest BCUT2D eigenvalue weighted by Gasteiger charge is -2.09. The van der Waals surface area contributed by atoms with E-state index in [1.54, 1.807) is 0 Å². The summed E-state index contributed by atoms with van der Waals surface area (Å²) in [6.45, 7) is 0. The van der Waals surface area contributed by atoms with Gasteiger partial charge in [0.1, 0.15) is 0 Å². The predicted molar refractivity (Wildman–Crippen MR) is 27.8 cm³/mol. The Morgan fingerprint density at radius 3 is 2.11 bits per heavy atom.